The van der Waals surface area contributed by atoms with E-state index in [1.807, 2.05) is 21.9 Å². The molecule has 6 heteroatoms. The first-order chi connectivity index (χ1) is 13.0. The Balaban J connectivity index is 1.57. The second-order valence-electron chi connectivity index (χ2n) is 7.99. The highest BCUT2D eigenvalue weighted by Gasteiger charge is 2.27. The SMILES string of the molecule is CC(C)CCC(=O)N1CCN(C(=O)c2cccnc2SC2CCCC2)CC1. The van der Waals surface area contributed by atoms with Gasteiger partial charge in [0.25, 0.3) is 5.91 Å². The number of amides is 2. The molecule has 148 valence electrons. The Morgan fingerprint density at radius 3 is 2.48 bits per heavy atom. The molecule has 0 bridgehead atoms. The summed E-state index contributed by atoms with van der Waals surface area (Å²) in [7, 11) is 0. The van der Waals surface area contributed by atoms with Gasteiger partial charge in [0.2, 0.25) is 5.91 Å². The Kier molecular flexibility index (Phi) is 7.16. The van der Waals surface area contributed by atoms with Crippen LogP contribution in [-0.4, -0.2) is 58.0 Å². The fourth-order valence-electron chi connectivity index (χ4n) is 3.71. The van der Waals surface area contributed by atoms with Crippen LogP contribution >= 0.6 is 11.8 Å². The first kappa shape index (κ1) is 20.2. The normalized spacial score (nSPS) is 18.3. The third kappa shape index (κ3) is 5.47. The number of pyridine rings is 1. The van der Waals surface area contributed by atoms with Gasteiger partial charge in [0.1, 0.15) is 5.03 Å². The van der Waals surface area contributed by atoms with Crippen molar-refractivity contribution in [2.24, 2.45) is 5.92 Å². The van der Waals surface area contributed by atoms with Gasteiger partial charge in [0.05, 0.1) is 5.56 Å². The van der Waals surface area contributed by atoms with Crippen molar-refractivity contribution in [3.8, 4) is 0 Å². The molecule has 0 radical (unpaired) electrons. The molecule has 1 aliphatic heterocycles. The van der Waals surface area contributed by atoms with E-state index in [1.165, 1.54) is 25.7 Å². The quantitative estimate of drug-likeness (QED) is 0.742. The van der Waals surface area contributed by atoms with E-state index < -0.39 is 0 Å². The molecule has 3 rings (SSSR count). The summed E-state index contributed by atoms with van der Waals surface area (Å²) in [4.78, 5) is 33.6. The van der Waals surface area contributed by atoms with E-state index >= 15 is 0 Å². The van der Waals surface area contributed by atoms with Gasteiger partial charge >= 0.3 is 0 Å². The van der Waals surface area contributed by atoms with Gasteiger partial charge in [-0.05, 0) is 37.3 Å². The van der Waals surface area contributed by atoms with Crippen LogP contribution in [0.5, 0.6) is 0 Å². The Bertz CT molecular complexity index is 651. The van der Waals surface area contributed by atoms with E-state index in [1.54, 1.807) is 18.0 Å². The van der Waals surface area contributed by atoms with Gasteiger partial charge in [0, 0.05) is 44.0 Å². The smallest absolute Gasteiger partial charge is 0.256 e. The van der Waals surface area contributed by atoms with E-state index in [-0.39, 0.29) is 11.8 Å². The Labute approximate surface area is 166 Å². The van der Waals surface area contributed by atoms with Crippen LogP contribution in [0, 0.1) is 5.92 Å². The number of carbonyl (C=O) groups is 2. The third-order valence-electron chi connectivity index (χ3n) is 5.44. The van der Waals surface area contributed by atoms with Crippen LogP contribution in [0.2, 0.25) is 0 Å². The highest BCUT2D eigenvalue weighted by Crippen LogP contribution is 2.35. The number of carbonyl (C=O) groups excluding carboxylic acids is 2. The highest BCUT2D eigenvalue weighted by molar-refractivity contribution is 7.99. The van der Waals surface area contributed by atoms with E-state index in [4.69, 9.17) is 0 Å². The average Bonchev–Trinajstić information content (AvgIpc) is 3.19. The molecule has 2 heterocycles. The molecule has 5 nitrogen and oxygen atoms in total. The van der Waals surface area contributed by atoms with Crippen molar-refractivity contribution < 1.29 is 9.59 Å². The number of nitrogens with zero attached hydrogens (tertiary/aromatic N) is 3. The number of hydrogen-bond donors (Lipinski definition) is 0. The predicted molar refractivity (Wildman–Crippen MR) is 109 cm³/mol. The standard InChI is InChI=1S/C21H31N3O2S/c1-16(2)9-10-19(25)23-12-14-24(15-13-23)21(26)18-8-5-11-22-20(18)27-17-6-3-4-7-17/h5,8,11,16-17H,3-4,6-7,9-10,12-15H2,1-2H3. The summed E-state index contributed by atoms with van der Waals surface area (Å²) >= 11 is 1.76. The maximum Gasteiger partial charge on any atom is 0.256 e. The molecule has 1 aliphatic carbocycles. The van der Waals surface area contributed by atoms with Crippen LogP contribution in [0.15, 0.2) is 23.4 Å². The Morgan fingerprint density at radius 2 is 1.81 bits per heavy atom. The zero-order valence-electron chi connectivity index (χ0n) is 16.5. The molecule has 0 spiro atoms. The van der Waals surface area contributed by atoms with Gasteiger partial charge in [-0.15, -0.1) is 11.8 Å². The van der Waals surface area contributed by atoms with E-state index in [0.29, 0.717) is 49.3 Å². The van der Waals surface area contributed by atoms with Gasteiger partial charge in [0.15, 0.2) is 0 Å². The van der Waals surface area contributed by atoms with Crippen LogP contribution in [-0.2, 0) is 4.79 Å². The second kappa shape index (κ2) is 9.58. The molecule has 0 atom stereocenters. The lowest BCUT2D eigenvalue weighted by molar-refractivity contribution is -0.132. The van der Waals surface area contributed by atoms with Crippen LogP contribution in [0.4, 0.5) is 0 Å². The van der Waals surface area contributed by atoms with Gasteiger partial charge in [-0.3, -0.25) is 9.59 Å². The molecule has 1 aromatic heterocycles. The predicted octanol–water partition coefficient (Wildman–Crippen LogP) is 3.84. The lowest BCUT2D eigenvalue weighted by Gasteiger charge is -2.35. The summed E-state index contributed by atoms with van der Waals surface area (Å²) < 4.78 is 0. The molecular weight excluding hydrogens is 358 g/mol. The summed E-state index contributed by atoms with van der Waals surface area (Å²) in [5.74, 6) is 0.811. The molecule has 0 aromatic carbocycles. The molecular formula is C21H31N3O2S. The molecule has 1 saturated heterocycles. The monoisotopic (exact) mass is 389 g/mol. The molecule has 27 heavy (non-hydrogen) atoms. The fraction of sp³-hybridized carbons (Fsp3) is 0.667. The summed E-state index contributed by atoms with van der Waals surface area (Å²) in [6.45, 7) is 6.75. The van der Waals surface area contributed by atoms with Gasteiger partial charge in [-0.1, -0.05) is 26.7 Å². The zero-order chi connectivity index (χ0) is 19.2. The van der Waals surface area contributed by atoms with Crippen molar-refractivity contribution in [1.82, 2.24) is 14.8 Å². The third-order valence-corrected chi connectivity index (χ3v) is 6.79. The van der Waals surface area contributed by atoms with Crippen molar-refractivity contribution in [2.45, 2.75) is 62.6 Å². The summed E-state index contributed by atoms with van der Waals surface area (Å²) in [5.41, 5.74) is 0.717. The Morgan fingerprint density at radius 1 is 1.15 bits per heavy atom. The highest BCUT2D eigenvalue weighted by atomic mass is 32.2. The van der Waals surface area contributed by atoms with Crippen molar-refractivity contribution in [1.29, 1.82) is 0 Å². The Hall–Kier alpha value is -1.56. The van der Waals surface area contributed by atoms with Crippen LogP contribution in [0.3, 0.4) is 0 Å². The van der Waals surface area contributed by atoms with Crippen LogP contribution < -0.4 is 0 Å². The van der Waals surface area contributed by atoms with Crippen LogP contribution in [0.1, 0.15) is 62.7 Å². The van der Waals surface area contributed by atoms with Crippen molar-refractivity contribution in [3.63, 3.8) is 0 Å². The molecule has 0 unspecified atom stereocenters. The van der Waals surface area contributed by atoms with Crippen molar-refractivity contribution >= 4 is 23.6 Å². The molecule has 2 fully saturated rings. The summed E-state index contributed by atoms with van der Waals surface area (Å²) in [6, 6.07) is 3.74. The zero-order valence-corrected chi connectivity index (χ0v) is 17.3. The second-order valence-corrected chi connectivity index (χ2v) is 9.28. The maximum absolute atomic E-state index is 13.1. The number of rotatable bonds is 6. The average molecular weight is 390 g/mol. The first-order valence-electron chi connectivity index (χ1n) is 10.2. The number of thioether (sulfide) groups is 1. The van der Waals surface area contributed by atoms with Gasteiger partial charge in [-0.25, -0.2) is 4.98 Å². The fourth-order valence-corrected chi connectivity index (χ4v) is 5.00. The summed E-state index contributed by atoms with van der Waals surface area (Å²) in [6.07, 6.45) is 8.30. The van der Waals surface area contributed by atoms with Crippen molar-refractivity contribution in [2.75, 3.05) is 26.2 Å². The largest absolute Gasteiger partial charge is 0.339 e. The van der Waals surface area contributed by atoms with E-state index in [2.05, 4.69) is 18.8 Å². The minimum atomic E-state index is 0.0536. The van der Waals surface area contributed by atoms with Gasteiger partial charge in [-0.2, -0.15) is 0 Å². The lowest BCUT2D eigenvalue weighted by Crippen LogP contribution is -2.50. The van der Waals surface area contributed by atoms with Crippen LogP contribution in [0.25, 0.3) is 0 Å². The minimum absolute atomic E-state index is 0.0536. The summed E-state index contributed by atoms with van der Waals surface area (Å²) in [5, 5.41) is 1.45. The molecule has 2 amide bonds. The molecule has 2 aliphatic rings. The molecule has 1 aromatic rings. The minimum Gasteiger partial charge on any atom is -0.339 e. The first-order valence-corrected chi connectivity index (χ1v) is 11.1. The number of piperazine rings is 1. The van der Waals surface area contributed by atoms with E-state index in [0.717, 1.165) is 11.4 Å². The topological polar surface area (TPSA) is 53.5 Å². The lowest BCUT2D eigenvalue weighted by atomic mass is 10.1. The molecule has 1 saturated carbocycles. The van der Waals surface area contributed by atoms with Crippen molar-refractivity contribution in [3.05, 3.63) is 23.9 Å². The number of aromatic nitrogens is 1. The number of hydrogen-bond acceptors (Lipinski definition) is 4. The van der Waals surface area contributed by atoms with Gasteiger partial charge < -0.3 is 9.80 Å². The van der Waals surface area contributed by atoms with E-state index in [9.17, 15) is 9.59 Å². The maximum atomic E-state index is 13.1. The molecule has 0 N–H and O–H groups in total.